The van der Waals surface area contributed by atoms with Crippen molar-refractivity contribution in [3.8, 4) is 0 Å². The van der Waals surface area contributed by atoms with Crippen molar-refractivity contribution in [1.29, 1.82) is 0 Å². The molecule has 20 heavy (non-hydrogen) atoms. The molecule has 6 heteroatoms. The molecule has 0 radical (unpaired) electrons. The molecule has 0 spiro atoms. The minimum Gasteiger partial charge on any atom is -0.480 e. The molecule has 2 N–H and O–H groups in total. The molecule has 1 rings (SSSR count). The topological polar surface area (TPSA) is 75.6 Å². The molecule has 2 atom stereocenters. The number of aliphatic carboxylic acids is 1. The van der Waals surface area contributed by atoms with Gasteiger partial charge in [-0.2, -0.15) is 0 Å². The van der Waals surface area contributed by atoms with Crippen LogP contribution in [0.25, 0.3) is 0 Å². The van der Waals surface area contributed by atoms with E-state index in [1.165, 1.54) is 18.9 Å². The molecule has 0 saturated heterocycles. The van der Waals surface area contributed by atoms with Crippen LogP contribution in [0.2, 0.25) is 0 Å². The Morgan fingerprint density at radius 1 is 1.35 bits per heavy atom. The third-order valence-corrected chi connectivity index (χ3v) is 3.87. The number of methoxy groups -OCH3 is 1. The highest BCUT2D eigenvalue weighted by molar-refractivity contribution is 7.99. The van der Waals surface area contributed by atoms with Crippen LogP contribution in [0.4, 0.5) is 0 Å². The quantitative estimate of drug-likeness (QED) is 0.761. The fourth-order valence-electron chi connectivity index (χ4n) is 1.50. The predicted octanol–water partition coefficient (Wildman–Crippen LogP) is 1.52. The average Bonchev–Trinajstić information content (AvgIpc) is 2.45. The van der Waals surface area contributed by atoms with E-state index in [9.17, 15) is 9.59 Å². The maximum atomic E-state index is 11.9. The summed E-state index contributed by atoms with van der Waals surface area (Å²) in [6, 6.07) is 8.80. The first-order valence-electron chi connectivity index (χ1n) is 6.22. The van der Waals surface area contributed by atoms with E-state index in [-0.39, 0.29) is 17.8 Å². The summed E-state index contributed by atoms with van der Waals surface area (Å²) in [6.45, 7) is 1.71. The smallest absolute Gasteiger partial charge is 0.328 e. The molecule has 1 aromatic carbocycles. The molecule has 5 nitrogen and oxygen atoms in total. The molecule has 0 heterocycles. The lowest BCUT2D eigenvalue weighted by molar-refractivity contribution is -0.143. The van der Waals surface area contributed by atoms with Gasteiger partial charge in [0.15, 0.2) is 6.04 Å². The number of carbonyl (C=O) groups excluding carboxylic acids is 1. The molecule has 0 aromatic heterocycles. The Morgan fingerprint density at radius 2 is 2.00 bits per heavy atom. The van der Waals surface area contributed by atoms with E-state index in [0.29, 0.717) is 5.75 Å². The zero-order valence-corrected chi connectivity index (χ0v) is 12.4. The maximum absolute atomic E-state index is 11.9. The molecule has 0 fully saturated rings. The van der Waals surface area contributed by atoms with Gasteiger partial charge in [0.05, 0.1) is 11.9 Å². The van der Waals surface area contributed by atoms with Gasteiger partial charge in [-0.05, 0) is 12.5 Å². The van der Waals surface area contributed by atoms with Crippen LogP contribution in [0.15, 0.2) is 30.3 Å². The van der Waals surface area contributed by atoms with Crippen molar-refractivity contribution in [2.45, 2.75) is 24.0 Å². The summed E-state index contributed by atoms with van der Waals surface area (Å²) in [5, 5.41) is 11.1. The van der Waals surface area contributed by atoms with Crippen LogP contribution < -0.4 is 5.32 Å². The number of carbonyl (C=O) groups is 2. The van der Waals surface area contributed by atoms with Crippen molar-refractivity contribution in [2.24, 2.45) is 0 Å². The summed E-state index contributed by atoms with van der Waals surface area (Å²) in [5.41, 5.74) is 1.13. The van der Waals surface area contributed by atoms with E-state index in [1.807, 2.05) is 30.3 Å². The number of benzene rings is 1. The third-order valence-electron chi connectivity index (χ3n) is 2.66. The van der Waals surface area contributed by atoms with Gasteiger partial charge in [0.25, 0.3) is 0 Å². The van der Waals surface area contributed by atoms with Gasteiger partial charge >= 0.3 is 5.97 Å². The van der Waals surface area contributed by atoms with E-state index in [0.717, 1.165) is 5.56 Å². The molecular formula is C14H19NO4S. The lowest BCUT2D eigenvalue weighted by Gasteiger charge is -2.17. The van der Waals surface area contributed by atoms with E-state index in [2.05, 4.69) is 5.32 Å². The fourth-order valence-corrected chi connectivity index (χ4v) is 2.36. The molecule has 0 aliphatic heterocycles. The van der Waals surface area contributed by atoms with Gasteiger partial charge in [-0.1, -0.05) is 30.3 Å². The van der Waals surface area contributed by atoms with Gasteiger partial charge in [-0.3, -0.25) is 4.79 Å². The molecule has 0 aliphatic carbocycles. The molecule has 0 aliphatic rings. The van der Waals surface area contributed by atoms with Crippen LogP contribution in [-0.4, -0.2) is 42.0 Å². The van der Waals surface area contributed by atoms with Gasteiger partial charge < -0.3 is 15.2 Å². The minimum absolute atomic E-state index is 0.0445. The standard InChI is InChI=1S/C14H19NO4S/c1-10(20-9-11-6-4-3-5-7-11)13(16)15-12(8-19-2)14(17)18/h3-7,10,12H,8-9H2,1-2H3,(H,15,16)(H,17,18). The summed E-state index contributed by atoms with van der Waals surface area (Å²) in [7, 11) is 1.40. The first kappa shape index (κ1) is 16.5. The van der Waals surface area contributed by atoms with Gasteiger partial charge in [-0.15, -0.1) is 11.8 Å². The van der Waals surface area contributed by atoms with Crippen LogP contribution in [0.5, 0.6) is 0 Å². The zero-order chi connectivity index (χ0) is 15.0. The molecular weight excluding hydrogens is 278 g/mol. The Morgan fingerprint density at radius 3 is 2.55 bits per heavy atom. The average molecular weight is 297 g/mol. The number of carboxylic acids is 1. The Balaban J connectivity index is 2.44. The van der Waals surface area contributed by atoms with Gasteiger partial charge in [0.2, 0.25) is 5.91 Å². The second-order valence-corrected chi connectivity index (χ2v) is 5.62. The van der Waals surface area contributed by atoms with Crippen LogP contribution >= 0.6 is 11.8 Å². The number of rotatable bonds is 8. The summed E-state index contributed by atoms with van der Waals surface area (Å²) in [4.78, 5) is 22.8. The highest BCUT2D eigenvalue weighted by atomic mass is 32.2. The number of thioether (sulfide) groups is 1. The lowest BCUT2D eigenvalue weighted by atomic mass is 10.2. The minimum atomic E-state index is -1.10. The number of ether oxygens (including phenoxy) is 1. The first-order chi connectivity index (χ1) is 9.54. The number of hydrogen-bond donors (Lipinski definition) is 2. The largest absolute Gasteiger partial charge is 0.480 e. The van der Waals surface area contributed by atoms with E-state index >= 15 is 0 Å². The Kier molecular flexibility index (Phi) is 7.11. The van der Waals surface area contributed by atoms with Gasteiger partial charge in [0.1, 0.15) is 0 Å². The van der Waals surface area contributed by atoms with Crippen molar-refractivity contribution in [1.82, 2.24) is 5.32 Å². The SMILES string of the molecule is COCC(NC(=O)C(C)SCc1ccccc1)C(=O)O. The highest BCUT2D eigenvalue weighted by Gasteiger charge is 2.22. The fraction of sp³-hybridized carbons (Fsp3) is 0.429. The van der Waals surface area contributed by atoms with Crippen molar-refractivity contribution >= 4 is 23.6 Å². The number of carboxylic acid groups (broad SMARTS) is 1. The summed E-state index contributed by atoms with van der Waals surface area (Å²) >= 11 is 1.46. The normalized spacial score (nSPS) is 13.5. The van der Waals surface area contributed by atoms with Gasteiger partial charge in [-0.25, -0.2) is 4.79 Å². The molecule has 1 aromatic rings. The first-order valence-corrected chi connectivity index (χ1v) is 7.27. The van der Waals surface area contributed by atoms with Crippen LogP contribution in [-0.2, 0) is 20.1 Å². The second-order valence-electron chi connectivity index (χ2n) is 4.29. The van der Waals surface area contributed by atoms with Crippen LogP contribution in [0, 0.1) is 0 Å². The van der Waals surface area contributed by atoms with Crippen LogP contribution in [0.1, 0.15) is 12.5 Å². The van der Waals surface area contributed by atoms with E-state index in [4.69, 9.17) is 9.84 Å². The Hall–Kier alpha value is -1.53. The maximum Gasteiger partial charge on any atom is 0.328 e. The Bertz CT molecular complexity index is 438. The lowest BCUT2D eigenvalue weighted by Crippen LogP contribution is -2.46. The second kappa shape index (κ2) is 8.60. The van der Waals surface area contributed by atoms with Crippen molar-refractivity contribution in [3.05, 3.63) is 35.9 Å². The van der Waals surface area contributed by atoms with Crippen LogP contribution in [0.3, 0.4) is 0 Å². The number of nitrogens with one attached hydrogen (secondary N) is 1. The Labute approximate surface area is 122 Å². The summed E-state index contributed by atoms with van der Waals surface area (Å²) in [5.74, 6) is -0.687. The predicted molar refractivity (Wildman–Crippen MR) is 78.6 cm³/mol. The van der Waals surface area contributed by atoms with E-state index in [1.54, 1.807) is 6.92 Å². The van der Waals surface area contributed by atoms with Gasteiger partial charge in [0, 0.05) is 12.9 Å². The molecule has 2 unspecified atom stereocenters. The van der Waals surface area contributed by atoms with Crippen molar-refractivity contribution in [2.75, 3.05) is 13.7 Å². The zero-order valence-electron chi connectivity index (χ0n) is 11.5. The third kappa shape index (κ3) is 5.63. The molecule has 110 valence electrons. The monoisotopic (exact) mass is 297 g/mol. The molecule has 0 bridgehead atoms. The van der Waals surface area contributed by atoms with E-state index < -0.39 is 12.0 Å². The summed E-state index contributed by atoms with van der Waals surface area (Å²) < 4.78 is 4.77. The number of hydrogen-bond acceptors (Lipinski definition) is 4. The van der Waals surface area contributed by atoms with Crippen molar-refractivity contribution in [3.63, 3.8) is 0 Å². The molecule has 0 saturated carbocycles. The number of amides is 1. The molecule has 1 amide bonds. The summed E-state index contributed by atoms with van der Waals surface area (Å²) in [6.07, 6.45) is 0. The van der Waals surface area contributed by atoms with Crippen molar-refractivity contribution < 1.29 is 19.4 Å². The highest BCUT2D eigenvalue weighted by Crippen LogP contribution is 2.17.